The van der Waals surface area contributed by atoms with Gasteiger partial charge in [0.05, 0.1) is 43.2 Å². The highest BCUT2D eigenvalue weighted by Crippen LogP contribution is 2.52. The van der Waals surface area contributed by atoms with Crippen LogP contribution < -0.4 is 10.5 Å². The molecule has 8 nitrogen and oxygen atoms in total. The Hall–Kier alpha value is -3.96. The van der Waals surface area contributed by atoms with E-state index in [0.29, 0.717) is 11.3 Å². The summed E-state index contributed by atoms with van der Waals surface area (Å²) in [6.07, 6.45) is 1.21. The van der Waals surface area contributed by atoms with Crippen LogP contribution in [0.4, 0.5) is 4.79 Å². The highest BCUT2D eigenvalue weighted by Gasteiger charge is 2.53. The molecule has 8 heteroatoms. The summed E-state index contributed by atoms with van der Waals surface area (Å²) in [5, 5.41) is 29.7. The molecule has 1 heterocycles. The van der Waals surface area contributed by atoms with Gasteiger partial charge in [0.2, 0.25) is 5.41 Å². The third kappa shape index (κ3) is 3.11. The molecule has 1 aliphatic carbocycles. The summed E-state index contributed by atoms with van der Waals surface area (Å²) in [5.74, 6) is -0.335. The molecule has 3 rings (SSSR count). The van der Waals surface area contributed by atoms with Crippen molar-refractivity contribution in [2.24, 2.45) is 17.1 Å². The van der Waals surface area contributed by atoms with Crippen LogP contribution in [0.5, 0.6) is 5.75 Å². The van der Waals surface area contributed by atoms with Gasteiger partial charge in [0.25, 0.3) is 0 Å². The Morgan fingerprint density at radius 2 is 1.93 bits per heavy atom. The SMILES string of the molecule is CCOC(=O)N1CC=C2[C@@H](C1)[C@H](c1ccc(OC)cc1)C(C#N)=C(N)C2(C#N)C#N. The number of allylic oxidation sites excluding steroid dienone is 2. The number of fused-ring (bicyclic) bond motifs is 1. The van der Waals surface area contributed by atoms with Crippen LogP contribution in [0.1, 0.15) is 18.4 Å². The van der Waals surface area contributed by atoms with E-state index >= 15 is 0 Å². The molecular formula is C22H21N5O3. The topological polar surface area (TPSA) is 136 Å². The van der Waals surface area contributed by atoms with Gasteiger partial charge in [0.1, 0.15) is 5.75 Å². The van der Waals surface area contributed by atoms with Crippen molar-refractivity contribution in [3.63, 3.8) is 0 Å². The average molecular weight is 403 g/mol. The molecule has 30 heavy (non-hydrogen) atoms. The summed E-state index contributed by atoms with van der Waals surface area (Å²) in [6.45, 7) is 2.35. The first-order valence-corrected chi connectivity index (χ1v) is 9.46. The molecule has 0 saturated heterocycles. The van der Waals surface area contributed by atoms with Crippen molar-refractivity contribution in [3.05, 3.63) is 52.7 Å². The zero-order chi connectivity index (χ0) is 21.9. The van der Waals surface area contributed by atoms with Crippen molar-refractivity contribution >= 4 is 6.09 Å². The molecule has 0 aromatic heterocycles. The molecule has 1 amide bonds. The number of nitrogens with zero attached hydrogens (tertiary/aromatic N) is 4. The van der Waals surface area contributed by atoms with Crippen molar-refractivity contribution in [1.82, 2.24) is 4.90 Å². The smallest absolute Gasteiger partial charge is 0.410 e. The zero-order valence-electron chi connectivity index (χ0n) is 16.8. The number of hydrogen-bond acceptors (Lipinski definition) is 7. The Balaban J connectivity index is 2.20. The van der Waals surface area contributed by atoms with E-state index in [1.165, 1.54) is 4.90 Å². The maximum atomic E-state index is 12.3. The Morgan fingerprint density at radius 3 is 2.47 bits per heavy atom. The number of carbonyl (C=O) groups is 1. The van der Waals surface area contributed by atoms with Crippen LogP contribution >= 0.6 is 0 Å². The largest absolute Gasteiger partial charge is 0.497 e. The number of ether oxygens (including phenoxy) is 2. The molecule has 0 saturated carbocycles. The lowest BCUT2D eigenvalue weighted by atomic mass is 9.60. The fraction of sp³-hybridized carbons (Fsp3) is 0.364. The van der Waals surface area contributed by atoms with E-state index in [-0.39, 0.29) is 31.0 Å². The van der Waals surface area contributed by atoms with Crippen molar-refractivity contribution in [3.8, 4) is 24.0 Å². The molecule has 152 valence electrons. The summed E-state index contributed by atoms with van der Waals surface area (Å²) in [4.78, 5) is 13.8. The lowest BCUT2D eigenvalue weighted by molar-refractivity contribution is 0.102. The number of nitriles is 3. The fourth-order valence-electron chi connectivity index (χ4n) is 4.19. The predicted octanol–water partition coefficient (Wildman–Crippen LogP) is 2.58. The van der Waals surface area contributed by atoms with Crippen LogP contribution in [0.3, 0.4) is 0 Å². The molecule has 0 spiro atoms. The zero-order valence-corrected chi connectivity index (χ0v) is 16.8. The number of nitrogens with two attached hydrogens (primary N) is 1. The molecule has 0 radical (unpaired) electrons. The van der Waals surface area contributed by atoms with Crippen LogP contribution in [0, 0.1) is 45.3 Å². The van der Waals surface area contributed by atoms with Crippen molar-refractivity contribution in [2.75, 3.05) is 26.8 Å². The summed E-state index contributed by atoms with van der Waals surface area (Å²) < 4.78 is 10.3. The van der Waals surface area contributed by atoms with Crippen LogP contribution in [-0.2, 0) is 4.74 Å². The molecule has 0 fully saturated rings. The van der Waals surface area contributed by atoms with E-state index in [1.54, 1.807) is 32.2 Å². The second kappa shape index (κ2) is 8.19. The first kappa shape index (κ1) is 20.8. The molecule has 1 aromatic carbocycles. The molecule has 0 unspecified atom stereocenters. The van der Waals surface area contributed by atoms with E-state index in [2.05, 4.69) is 6.07 Å². The minimum Gasteiger partial charge on any atom is -0.497 e. The highest BCUT2D eigenvalue weighted by atomic mass is 16.6. The van der Waals surface area contributed by atoms with E-state index in [4.69, 9.17) is 15.2 Å². The van der Waals surface area contributed by atoms with Gasteiger partial charge in [-0.3, -0.25) is 0 Å². The minimum absolute atomic E-state index is 0.0529. The van der Waals surface area contributed by atoms with E-state index in [1.807, 2.05) is 24.3 Å². The summed E-state index contributed by atoms with van der Waals surface area (Å²) in [7, 11) is 1.56. The number of benzene rings is 1. The lowest BCUT2D eigenvalue weighted by Crippen LogP contribution is -2.48. The molecule has 1 aromatic rings. The van der Waals surface area contributed by atoms with Gasteiger partial charge in [-0.05, 0) is 30.2 Å². The van der Waals surface area contributed by atoms with Crippen LogP contribution in [0.2, 0.25) is 0 Å². The van der Waals surface area contributed by atoms with Crippen molar-refractivity contribution in [1.29, 1.82) is 15.8 Å². The van der Waals surface area contributed by atoms with E-state index < -0.39 is 23.3 Å². The fourth-order valence-corrected chi connectivity index (χ4v) is 4.19. The molecule has 2 aliphatic rings. The van der Waals surface area contributed by atoms with Gasteiger partial charge < -0.3 is 20.1 Å². The molecule has 0 bridgehead atoms. The van der Waals surface area contributed by atoms with E-state index in [0.717, 1.165) is 5.56 Å². The van der Waals surface area contributed by atoms with Gasteiger partial charge in [-0.2, -0.15) is 15.8 Å². The summed E-state index contributed by atoms with van der Waals surface area (Å²) in [6, 6.07) is 13.3. The van der Waals surface area contributed by atoms with Crippen LogP contribution in [0.25, 0.3) is 0 Å². The van der Waals surface area contributed by atoms with Gasteiger partial charge in [-0.1, -0.05) is 18.2 Å². The Labute approximate surface area is 175 Å². The maximum absolute atomic E-state index is 12.3. The third-order valence-electron chi connectivity index (χ3n) is 5.65. The molecule has 2 N–H and O–H groups in total. The minimum atomic E-state index is -1.74. The highest BCUT2D eigenvalue weighted by molar-refractivity contribution is 5.69. The average Bonchev–Trinajstić information content (AvgIpc) is 2.78. The standard InChI is InChI=1S/C22H21N5O3/c1-3-30-21(28)27-9-8-18-17(11-27)19(14-4-6-15(29-2)7-5-14)16(10-23)20(26)22(18,12-24)13-25/h4-8,17,19H,3,9,11,26H2,1-2H3/t17-,19-/m1/s1. The van der Waals surface area contributed by atoms with Gasteiger partial charge in [0.15, 0.2) is 0 Å². The molecule has 1 aliphatic heterocycles. The quantitative estimate of drug-likeness (QED) is 0.766. The Morgan fingerprint density at radius 1 is 1.27 bits per heavy atom. The normalized spacial score (nSPS) is 22.0. The first-order valence-electron chi connectivity index (χ1n) is 9.46. The van der Waals surface area contributed by atoms with Gasteiger partial charge in [-0.15, -0.1) is 0 Å². The second-order valence-electron chi connectivity index (χ2n) is 7.03. The Kier molecular flexibility index (Phi) is 5.67. The maximum Gasteiger partial charge on any atom is 0.410 e. The van der Waals surface area contributed by atoms with Crippen molar-refractivity contribution in [2.45, 2.75) is 12.8 Å². The number of carbonyl (C=O) groups excluding carboxylic acids is 1. The number of rotatable bonds is 3. The first-order chi connectivity index (χ1) is 14.5. The predicted molar refractivity (Wildman–Crippen MR) is 106 cm³/mol. The van der Waals surface area contributed by atoms with Crippen LogP contribution in [-0.4, -0.2) is 37.8 Å². The van der Waals surface area contributed by atoms with Crippen molar-refractivity contribution < 1.29 is 14.3 Å². The lowest BCUT2D eigenvalue weighted by Gasteiger charge is -2.44. The van der Waals surface area contributed by atoms with Gasteiger partial charge in [0, 0.05) is 24.9 Å². The van der Waals surface area contributed by atoms with Gasteiger partial charge in [-0.25, -0.2) is 4.79 Å². The summed E-state index contributed by atoms with van der Waals surface area (Å²) >= 11 is 0. The molecule has 2 atom stereocenters. The van der Waals surface area contributed by atoms with E-state index in [9.17, 15) is 20.6 Å². The number of amides is 1. The second-order valence-corrected chi connectivity index (χ2v) is 7.03. The monoisotopic (exact) mass is 403 g/mol. The number of methoxy groups -OCH3 is 1. The van der Waals surface area contributed by atoms with Gasteiger partial charge >= 0.3 is 6.09 Å². The number of hydrogen-bond donors (Lipinski definition) is 1. The van der Waals surface area contributed by atoms with Crippen LogP contribution in [0.15, 0.2) is 47.2 Å². The Bertz CT molecular complexity index is 1020. The third-order valence-corrected chi connectivity index (χ3v) is 5.65. The molecular weight excluding hydrogens is 382 g/mol. The summed E-state index contributed by atoms with van der Waals surface area (Å²) in [5.41, 5.74) is 5.94.